The molecule has 0 aliphatic carbocycles. The molecular formula is C6H13NO3S. The SMILES string of the molecule is CNC1CS(=O)(=O)CC1(C)O. The number of hydrogen-bond donors (Lipinski definition) is 2. The van der Waals surface area contributed by atoms with Crippen molar-refractivity contribution in [2.75, 3.05) is 18.6 Å². The smallest absolute Gasteiger partial charge is 0.154 e. The Labute approximate surface area is 66.5 Å². The van der Waals surface area contributed by atoms with Gasteiger partial charge < -0.3 is 10.4 Å². The maximum atomic E-state index is 11.0. The van der Waals surface area contributed by atoms with Crippen LogP contribution in [0.5, 0.6) is 0 Å². The van der Waals surface area contributed by atoms with E-state index in [4.69, 9.17) is 0 Å². The molecule has 0 saturated carbocycles. The molecule has 2 atom stereocenters. The van der Waals surface area contributed by atoms with Crippen molar-refractivity contribution in [3.8, 4) is 0 Å². The molecule has 0 amide bonds. The zero-order chi connectivity index (χ0) is 8.70. The molecule has 0 bridgehead atoms. The minimum atomic E-state index is -3.03. The Morgan fingerprint density at radius 1 is 1.64 bits per heavy atom. The van der Waals surface area contributed by atoms with E-state index >= 15 is 0 Å². The molecule has 1 aliphatic rings. The van der Waals surface area contributed by atoms with Crippen LogP contribution in [-0.2, 0) is 9.84 Å². The summed E-state index contributed by atoms with van der Waals surface area (Å²) in [6.07, 6.45) is 0. The minimum absolute atomic E-state index is 0.0382. The van der Waals surface area contributed by atoms with Crippen molar-refractivity contribution < 1.29 is 13.5 Å². The molecule has 1 aliphatic heterocycles. The second-order valence-electron chi connectivity index (χ2n) is 3.25. The van der Waals surface area contributed by atoms with Crippen LogP contribution in [0.3, 0.4) is 0 Å². The average Bonchev–Trinajstić information content (AvgIpc) is 1.99. The van der Waals surface area contributed by atoms with E-state index < -0.39 is 15.4 Å². The van der Waals surface area contributed by atoms with E-state index in [1.807, 2.05) is 0 Å². The van der Waals surface area contributed by atoms with Gasteiger partial charge in [-0.2, -0.15) is 0 Å². The highest BCUT2D eigenvalue weighted by Gasteiger charge is 2.44. The summed E-state index contributed by atoms with van der Waals surface area (Å²) in [5, 5.41) is 12.3. The predicted molar refractivity (Wildman–Crippen MR) is 42.1 cm³/mol. The summed E-state index contributed by atoms with van der Waals surface area (Å²) in [5.74, 6) is -0.0952. The Hall–Kier alpha value is -0.130. The summed E-state index contributed by atoms with van der Waals surface area (Å²) in [7, 11) is -1.37. The van der Waals surface area contributed by atoms with Crippen molar-refractivity contribution in [2.24, 2.45) is 0 Å². The first-order chi connectivity index (χ1) is 4.87. The van der Waals surface area contributed by atoms with Crippen LogP contribution >= 0.6 is 0 Å². The molecule has 1 fully saturated rings. The maximum Gasteiger partial charge on any atom is 0.154 e. The van der Waals surface area contributed by atoms with E-state index in [0.717, 1.165) is 0 Å². The van der Waals surface area contributed by atoms with Crippen molar-refractivity contribution >= 4 is 9.84 Å². The maximum absolute atomic E-state index is 11.0. The molecule has 2 N–H and O–H groups in total. The average molecular weight is 179 g/mol. The van der Waals surface area contributed by atoms with Gasteiger partial charge in [0.1, 0.15) is 0 Å². The van der Waals surface area contributed by atoms with Crippen LogP contribution in [0.4, 0.5) is 0 Å². The van der Waals surface area contributed by atoms with E-state index in [9.17, 15) is 13.5 Å². The number of hydrogen-bond acceptors (Lipinski definition) is 4. The zero-order valence-electron chi connectivity index (χ0n) is 6.66. The highest BCUT2D eigenvalue weighted by atomic mass is 32.2. The lowest BCUT2D eigenvalue weighted by Gasteiger charge is -2.22. The lowest BCUT2D eigenvalue weighted by molar-refractivity contribution is 0.0603. The first kappa shape index (κ1) is 8.96. The van der Waals surface area contributed by atoms with Gasteiger partial charge in [-0.1, -0.05) is 0 Å². The van der Waals surface area contributed by atoms with Crippen molar-refractivity contribution in [3.05, 3.63) is 0 Å². The van der Waals surface area contributed by atoms with Gasteiger partial charge in [0.15, 0.2) is 9.84 Å². The van der Waals surface area contributed by atoms with Gasteiger partial charge in [-0.05, 0) is 14.0 Å². The summed E-state index contributed by atoms with van der Waals surface area (Å²) >= 11 is 0. The Morgan fingerprint density at radius 3 is 2.36 bits per heavy atom. The predicted octanol–water partition coefficient (Wildman–Crippen LogP) is -1.25. The second kappa shape index (κ2) is 2.43. The third-order valence-electron chi connectivity index (χ3n) is 2.03. The van der Waals surface area contributed by atoms with Crippen LogP contribution in [0, 0.1) is 0 Å². The lowest BCUT2D eigenvalue weighted by atomic mass is 10.0. The van der Waals surface area contributed by atoms with Gasteiger partial charge in [0, 0.05) is 0 Å². The number of sulfone groups is 1. The van der Waals surface area contributed by atoms with E-state index in [2.05, 4.69) is 5.32 Å². The van der Waals surface area contributed by atoms with Gasteiger partial charge >= 0.3 is 0 Å². The molecular weight excluding hydrogens is 166 g/mol. The summed E-state index contributed by atoms with van der Waals surface area (Å²) in [4.78, 5) is 0. The van der Waals surface area contributed by atoms with E-state index in [-0.39, 0.29) is 17.5 Å². The molecule has 1 heterocycles. The molecule has 0 radical (unpaired) electrons. The van der Waals surface area contributed by atoms with Crippen LogP contribution in [-0.4, -0.2) is 43.7 Å². The Balaban J connectivity index is 2.88. The molecule has 0 aromatic rings. The molecule has 1 rings (SSSR count). The molecule has 1 saturated heterocycles. The molecule has 0 aromatic heterocycles. The van der Waals surface area contributed by atoms with Crippen molar-refractivity contribution in [1.29, 1.82) is 0 Å². The van der Waals surface area contributed by atoms with E-state index in [1.165, 1.54) is 0 Å². The molecule has 66 valence electrons. The molecule has 0 spiro atoms. The number of rotatable bonds is 1. The summed E-state index contributed by atoms with van der Waals surface area (Å²) in [6, 6.07) is -0.326. The summed E-state index contributed by atoms with van der Waals surface area (Å²) in [5.41, 5.74) is -1.10. The van der Waals surface area contributed by atoms with Crippen molar-refractivity contribution in [3.63, 3.8) is 0 Å². The molecule has 4 nitrogen and oxygen atoms in total. The van der Waals surface area contributed by atoms with Crippen LogP contribution in [0.25, 0.3) is 0 Å². The van der Waals surface area contributed by atoms with Gasteiger partial charge in [0.2, 0.25) is 0 Å². The van der Waals surface area contributed by atoms with Gasteiger partial charge in [-0.15, -0.1) is 0 Å². The second-order valence-corrected chi connectivity index (χ2v) is 5.36. The van der Waals surface area contributed by atoms with Gasteiger partial charge in [-0.3, -0.25) is 0 Å². The molecule has 11 heavy (non-hydrogen) atoms. The van der Waals surface area contributed by atoms with Gasteiger partial charge in [-0.25, -0.2) is 8.42 Å². The number of likely N-dealkylation sites (N-methyl/N-ethyl adjacent to an activating group) is 1. The Kier molecular flexibility index (Phi) is 1.98. The highest BCUT2D eigenvalue weighted by Crippen LogP contribution is 2.22. The fourth-order valence-electron chi connectivity index (χ4n) is 1.43. The van der Waals surface area contributed by atoms with Crippen molar-refractivity contribution in [2.45, 2.75) is 18.6 Å². The number of aliphatic hydroxyl groups is 1. The lowest BCUT2D eigenvalue weighted by Crippen LogP contribution is -2.46. The normalized spacial score (nSPS) is 42.6. The zero-order valence-corrected chi connectivity index (χ0v) is 7.48. The van der Waals surface area contributed by atoms with E-state index in [0.29, 0.717) is 0 Å². The van der Waals surface area contributed by atoms with Crippen molar-refractivity contribution in [1.82, 2.24) is 5.32 Å². The standard InChI is InChI=1S/C6H13NO3S/c1-6(8)4-11(9,10)3-5(6)7-2/h5,7-8H,3-4H2,1-2H3. The molecule has 0 aromatic carbocycles. The monoisotopic (exact) mass is 179 g/mol. The fraction of sp³-hybridized carbons (Fsp3) is 1.00. The minimum Gasteiger partial charge on any atom is -0.387 e. The number of nitrogens with one attached hydrogen (secondary N) is 1. The molecule has 5 heteroatoms. The largest absolute Gasteiger partial charge is 0.387 e. The van der Waals surface area contributed by atoms with Crippen LogP contribution in [0.1, 0.15) is 6.92 Å². The highest BCUT2D eigenvalue weighted by molar-refractivity contribution is 7.91. The first-order valence-corrected chi connectivity index (χ1v) is 5.29. The quantitative estimate of drug-likeness (QED) is 0.528. The fourth-order valence-corrected chi connectivity index (χ4v) is 3.68. The third kappa shape index (κ3) is 1.72. The van der Waals surface area contributed by atoms with E-state index in [1.54, 1.807) is 14.0 Å². The Bertz CT molecular complexity index is 245. The summed E-state index contributed by atoms with van der Waals surface area (Å²) in [6.45, 7) is 1.54. The van der Waals surface area contributed by atoms with Crippen LogP contribution in [0.2, 0.25) is 0 Å². The van der Waals surface area contributed by atoms with Gasteiger partial charge in [0.25, 0.3) is 0 Å². The van der Waals surface area contributed by atoms with Crippen LogP contribution < -0.4 is 5.32 Å². The van der Waals surface area contributed by atoms with Crippen LogP contribution in [0.15, 0.2) is 0 Å². The van der Waals surface area contributed by atoms with Gasteiger partial charge in [0.05, 0.1) is 23.1 Å². The first-order valence-electron chi connectivity index (χ1n) is 3.47. The summed E-state index contributed by atoms with van der Waals surface area (Å²) < 4.78 is 22.0. The Morgan fingerprint density at radius 2 is 2.18 bits per heavy atom. The third-order valence-corrected chi connectivity index (χ3v) is 3.90. The molecule has 2 unspecified atom stereocenters. The topological polar surface area (TPSA) is 66.4 Å².